The van der Waals surface area contributed by atoms with E-state index in [2.05, 4.69) is 4.90 Å². The molecule has 0 saturated carbocycles. The van der Waals surface area contributed by atoms with Gasteiger partial charge >= 0.3 is 0 Å². The Balaban J connectivity index is 1.93. The van der Waals surface area contributed by atoms with Gasteiger partial charge in [0.2, 0.25) is 5.91 Å². The fraction of sp³-hybridized carbons (Fsp3) is 0.533. The number of nitrogens with zero attached hydrogens (tertiary/aromatic N) is 2. The Morgan fingerprint density at radius 2 is 1.76 bits per heavy atom. The zero-order valence-corrected chi connectivity index (χ0v) is 12.2. The normalized spacial score (nSPS) is 17.0. The van der Waals surface area contributed by atoms with Crippen LogP contribution in [0.3, 0.4) is 0 Å². The second-order valence-electron chi connectivity index (χ2n) is 5.51. The van der Waals surface area contributed by atoms with E-state index in [0.29, 0.717) is 12.1 Å². The summed E-state index contributed by atoms with van der Waals surface area (Å²) in [5.41, 5.74) is 0.421. The highest BCUT2D eigenvalue weighted by Gasteiger charge is 2.24. The molecule has 0 atom stereocenters. The molecule has 0 aliphatic carbocycles. The average molecular weight is 300 g/mol. The Morgan fingerprint density at radius 1 is 1.24 bits per heavy atom. The van der Waals surface area contributed by atoms with E-state index in [4.69, 9.17) is 0 Å². The summed E-state index contributed by atoms with van der Waals surface area (Å²) in [7, 11) is 1.79. The maximum absolute atomic E-state index is 13.2. The maximum Gasteiger partial charge on any atom is 0.219 e. The molecule has 1 aromatic rings. The monoisotopic (exact) mass is 300 g/mol. The van der Waals surface area contributed by atoms with Crippen molar-refractivity contribution >= 4 is 5.91 Å². The highest BCUT2D eigenvalue weighted by molar-refractivity contribution is 5.73. The van der Waals surface area contributed by atoms with Crippen LogP contribution >= 0.6 is 0 Å². The van der Waals surface area contributed by atoms with Crippen LogP contribution in [-0.2, 0) is 11.3 Å². The fourth-order valence-corrected chi connectivity index (χ4v) is 2.68. The lowest BCUT2D eigenvalue weighted by atomic mass is 10.0. The summed E-state index contributed by atoms with van der Waals surface area (Å²) >= 11 is 0. The van der Waals surface area contributed by atoms with Gasteiger partial charge in [-0.15, -0.1) is 0 Å². The molecule has 0 unspecified atom stereocenters. The highest BCUT2D eigenvalue weighted by atomic mass is 19.2. The molecule has 1 saturated heterocycles. The molecule has 0 N–H and O–H groups in total. The summed E-state index contributed by atoms with van der Waals surface area (Å²) in [5.74, 6) is -3.70. The minimum atomic E-state index is -1.43. The van der Waals surface area contributed by atoms with Crippen molar-refractivity contribution in [3.8, 4) is 0 Å². The van der Waals surface area contributed by atoms with Crippen LogP contribution in [0, 0.1) is 17.5 Å². The molecule has 0 bridgehead atoms. The Kier molecular flexibility index (Phi) is 4.88. The number of benzene rings is 1. The number of piperidine rings is 1. The van der Waals surface area contributed by atoms with E-state index in [-0.39, 0.29) is 11.9 Å². The van der Waals surface area contributed by atoms with Crippen LogP contribution in [0.1, 0.15) is 25.3 Å². The van der Waals surface area contributed by atoms with Gasteiger partial charge in [-0.1, -0.05) is 0 Å². The molecule has 0 aromatic heterocycles. The molecule has 1 heterocycles. The van der Waals surface area contributed by atoms with Crippen LogP contribution in [0.15, 0.2) is 12.1 Å². The molecule has 3 nitrogen and oxygen atoms in total. The summed E-state index contributed by atoms with van der Waals surface area (Å²) in [5, 5.41) is 0. The van der Waals surface area contributed by atoms with Crippen LogP contribution in [0.2, 0.25) is 0 Å². The predicted molar refractivity (Wildman–Crippen MR) is 73.1 cm³/mol. The fourth-order valence-electron chi connectivity index (χ4n) is 2.68. The first kappa shape index (κ1) is 15.8. The second kappa shape index (κ2) is 6.47. The van der Waals surface area contributed by atoms with Gasteiger partial charge in [-0.3, -0.25) is 9.69 Å². The first-order chi connectivity index (χ1) is 9.88. The van der Waals surface area contributed by atoms with Crippen LogP contribution in [-0.4, -0.2) is 41.9 Å². The highest BCUT2D eigenvalue weighted by Crippen LogP contribution is 2.19. The van der Waals surface area contributed by atoms with Crippen LogP contribution in [0.25, 0.3) is 0 Å². The van der Waals surface area contributed by atoms with Gasteiger partial charge in [-0.25, -0.2) is 13.2 Å². The molecule has 116 valence electrons. The molecular weight excluding hydrogens is 281 g/mol. The van der Waals surface area contributed by atoms with E-state index >= 15 is 0 Å². The third kappa shape index (κ3) is 3.75. The molecule has 1 aliphatic rings. The van der Waals surface area contributed by atoms with Crippen LogP contribution in [0.5, 0.6) is 0 Å². The number of carbonyl (C=O) groups is 1. The van der Waals surface area contributed by atoms with Gasteiger partial charge in [-0.05, 0) is 30.5 Å². The molecule has 1 aliphatic heterocycles. The van der Waals surface area contributed by atoms with E-state index in [1.165, 1.54) is 6.92 Å². The van der Waals surface area contributed by atoms with E-state index in [1.807, 2.05) is 0 Å². The molecule has 21 heavy (non-hydrogen) atoms. The van der Waals surface area contributed by atoms with Gasteiger partial charge in [0, 0.05) is 39.6 Å². The van der Waals surface area contributed by atoms with Crippen molar-refractivity contribution in [1.29, 1.82) is 0 Å². The molecule has 1 fully saturated rings. The van der Waals surface area contributed by atoms with Crippen molar-refractivity contribution in [3.05, 3.63) is 35.1 Å². The number of halogens is 3. The topological polar surface area (TPSA) is 23.6 Å². The van der Waals surface area contributed by atoms with Crippen LogP contribution in [0.4, 0.5) is 13.2 Å². The van der Waals surface area contributed by atoms with E-state index in [9.17, 15) is 18.0 Å². The first-order valence-electron chi connectivity index (χ1n) is 6.97. The van der Waals surface area contributed by atoms with Crippen molar-refractivity contribution in [2.45, 2.75) is 32.4 Å². The smallest absolute Gasteiger partial charge is 0.219 e. The SMILES string of the molecule is CC(=O)N(C)C1CCN(Cc2cc(F)c(F)c(F)c2)CC1. The zero-order chi connectivity index (χ0) is 15.6. The van der Waals surface area contributed by atoms with Gasteiger partial charge in [-0.2, -0.15) is 0 Å². The molecule has 6 heteroatoms. The summed E-state index contributed by atoms with van der Waals surface area (Å²) in [6.07, 6.45) is 1.64. The standard InChI is InChI=1S/C15H19F3N2O/c1-10(21)19(2)12-3-5-20(6-4-12)9-11-7-13(16)15(18)14(17)8-11/h7-8,12H,3-6,9H2,1-2H3. The van der Waals surface area contributed by atoms with Gasteiger partial charge in [0.05, 0.1) is 0 Å². The minimum Gasteiger partial charge on any atom is -0.343 e. The Morgan fingerprint density at radius 3 is 2.24 bits per heavy atom. The maximum atomic E-state index is 13.2. The largest absolute Gasteiger partial charge is 0.343 e. The summed E-state index contributed by atoms with van der Waals surface area (Å²) in [6.45, 7) is 3.40. The molecule has 1 aromatic carbocycles. The van der Waals surface area contributed by atoms with E-state index in [1.54, 1.807) is 11.9 Å². The number of hydrogen-bond acceptors (Lipinski definition) is 2. The Labute approximate surface area is 122 Å². The van der Waals surface area contributed by atoms with Crippen molar-refractivity contribution in [1.82, 2.24) is 9.80 Å². The Hall–Kier alpha value is -1.56. The Bertz CT molecular complexity index is 505. The van der Waals surface area contributed by atoms with Crippen molar-refractivity contribution in [2.75, 3.05) is 20.1 Å². The summed E-state index contributed by atoms with van der Waals surface area (Å²) in [4.78, 5) is 15.1. The number of likely N-dealkylation sites (tertiary alicyclic amines) is 1. The predicted octanol–water partition coefficient (Wildman–Crippen LogP) is 2.55. The molecule has 1 amide bonds. The van der Waals surface area contributed by atoms with Gasteiger partial charge in [0.15, 0.2) is 17.5 Å². The molecule has 0 radical (unpaired) electrons. The lowest BCUT2D eigenvalue weighted by molar-refractivity contribution is -0.130. The lowest BCUT2D eigenvalue weighted by Gasteiger charge is -2.36. The summed E-state index contributed by atoms with van der Waals surface area (Å²) < 4.78 is 39.3. The van der Waals surface area contributed by atoms with Crippen molar-refractivity contribution in [3.63, 3.8) is 0 Å². The number of amides is 1. The number of carbonyl (C=O) groups excluding carboxylic acids is 1. The third-order valence-corrected chi connectivity index (χ3v) is 4.05. The quantitative estimate of drug-likeness (QED) is 0.801. The number of rotatable bonds is 3. The second-order valence-corrected chi connectivity index (χ2v) is 5.51. The van der Waals surface area contributed by atoms with Gasteiger partial charge in [0.1, 0.15) is 0 Å². The minimum absolute atomic E-state index is 0.0381. The number of hydrogen-bond donors (Lipinski definition) is 0. The van der Waals surface area contributed by atoms with E-state index in [0.717, 1.165) is 38.1 Å². The lowest BCUT2D eigenvalue weighted by Crippen LogP contribution is -2.44. The van der Waals surface area contributed by atoms with Crippen molar-refractivity contribution < 1.29 is 18.0 Å². The van der Waals surface area contributed by atoms with E-state index < -0.39 is 17.5 Å². The van der Waals surface area contributed by atoms with Gasteiger partial charge < -0.3 is 4.90 Å². The molecule has 2 rings (SSSR count). The third-order valence-electron chi connectivity index (χ3n) is 4.05. The van der Waals surface area contributed by atoms with Crippen LogP contribution < -0.4 is 0 Å². The van der Waals surface area contributed by atoms with Crippen molar-refractivity contribution in [2.24, 2.45) is 0 Å². The molecule has 0 spiro atoms. The average Bonchev–Trinajstić information content (AvgIpc) is 2.44. The molecular formula is C15H19F3N2O. The summed E-state index contributed by atoms with van der Waals surface area (Å²) in [6, 6.07) is 2.28. The first-order valence-corrected chi connectivity index (χ1v) is 6.97. The zero-order valence-electron chi connectivity index (χ0n) is 12.2. The van der Waals surface area contributed by atoms with Gasteiger partial charge in [0.25, 0.3) is 0 Å².